The number of anilines is 1. The van der Waals surface area contributed by atoms with Crippen LogP contribution in [0.15, 0.2) is 89.3 Å². The van der Waals surface area contributed by atoms with Crippen LogP contribution in [0.1, 0.15) is 68.5 Å². The van der Waals surface area contributed by atoms with Crippen LogP contribution in [0.3, 0.4) is 0 Å². The largest absolute Gasteiger partial charge is 0.390 e. The van der Waals surface area contributed by atoms with Gasteiger partial charge in [0.25, 0.3) is 5.91 Å². The predicted octanol–water partition coefficient (Wildman–Crippen LogP) is 4.98. The van der Waals surface area contributed by atoms with E-state index in [2.05, 4.69) is 36.1 Å². The standard InChI is InChI=1S/C32H34N4O3/c1-20-25(15-17-34-20)31(39)36(24-13-11-23(12-14-24)32(2,3)4)29(22-9-7-16-33-19-22)30(38)35-28-26-10-6-5-8-21(26)18-27(28)37/h5-14,16-17,19,27-29,37H,15,18H2,1-4H3,(H,35,38)/t27-,28+,29?/m0/s1. The lowest BCUT2D eigenvalue weighted by Crippen LogP contribution is -2.46. The van der Waals surface area contributed by atoms with E-state index in [1.54, 1.807) is 35.6 Å². The molecule has 0 saturated carbocycles. The number of fused-ring (bicyclic) bond motifs is 1. The molecule has 200 valence electrons. The zero-order valence-electron chi connectivity index (χ0n) is 22.8. The molecular formula is C32H34N4O3. The fourth-order valence-electron chi connectivity index (χ4n) is 5.33. The number of aliphatic hydroxyl groups excluding tert-OH is 1. The Balaban J connectivity index is 1.59. The van der Waals surface area contributed by atoms with Gasteiger partial charge in [0.1, 0.15) is 6.04 Å². The second kappa shape index (κ2) is 10.6. The van der Waals surface area contributed by atoms with Crippen molar-refractivity contribution in [2.45, 2.75) is 64.1 Å². The number of hydrogen-bond donors (Lipinski definition) is 2. The minimum Gasteiger partial charge on any atom is -0.390 e. The van der Waals surface area contributed by atoms with Gasteiger partial charge in [0.15, 0.2) is 0 Å². The van der Waals surface area contributed by atoms with Crippen LogP contribution in [0.2, 0.25) is 0 Å². The number of carbonyl (C=O) groups excluding carboxylic acids is 2. The Morgan fingerprint density at radius 2 is 1.79 bits per heavy atom. The molecule has 1 unspecified atom stereocenters. The highest BCUT2D eigenvalue weighted by molar-refractivity contribution is 6.12. The lowest BCUT2D eigenvalue weighted by molar-refractivity contribution is -0.126. The van der Waals surface area contributed by atoms with Gasteiger partial charge in [0, 0.05) is 54.0 Å². The molecule has 0 bridgehead atoms. The van der Waals surface area contributed by atoms with Crippen LogP contribution in [-0.2, 0) is 21.4 Å². The summed E-state index contributed by atoms with van der Waals surface area (Å²) >= 11 is 0. The zero-order chi connectivity index (χ0) is 27.7. The normalized spacial score (nSPS) is 19.1. The van der Waals surface area contributed by atoms with E-state index in [-0.39, 0.29) is 11.3 Å². The first kappa shape index (κ1) is 26.5. The summed E-state index contributed by atoms with van der Waals surface area (Å²) in [5, 5.41) is 13.9. The van der Waals surface area contributed by atoms with Gasteiger partial charge < -0.3 is 10.4 Å². The van der Waals surface area contributed by atoms with E-state index in [9.17, 15) is 14.7 Å². The van der Waals surface area contributed by atoms with Crippen LogP contribution in [0, 0.1) is 0 Å². The molecule has 2 aromatic carbocycles. The molecule has 2 amide bonds. The summed E-state index contributed by atoms with van der Waals surface area (Å²) in [6.45, 7) is 8.20. The van der Waals surface area contributed by atoms with E-state index in [0.717, 1.165) is 16.7 Å². The maximum absolute atomic E-state index is 14.2. The van der Waals surface area contributed by atoms with E-state index in [1.165, 1.54) is 0 Å². The Hall–Kier alpha value is -4.10. The molecule has 7 heteroatoms. The Labute approximate surface area is 229 Å². The zero-order valence-corrected chi connectivity index (χ0v) is 22.8. The molecule has 0 radical (unpaired) electrons. The number of aliphatic hydroxyl groups is 1. The monoisotopic (exact) mass is 522 g/mol. The van der Waals surface area contributed by atoms with Crippen LogP contribution in [-0.4, -0.2) is 34.2 Å². The van der Waals surface area contributed by atoms with Crippen molar-refractivity contribution >= 4 is 23.7 Å². The molecule has 0 spiro atoms. The van der Waals surface area contributed by atoms with Crippen LogP contribution >= 0.6 is 0 Å². The molecule has 39 heavy (non-hydrogen) atoms. The topological polar surface area (TPSA) is 94.9 Å². The van der Waals surface area contributed by atoms with E-state index >= 15 is 0 Å². The molecule has 1 aliphatic carbocycles. The molecule has 5 rings (SSSR count). The predicted molar refractivity (Wildman–Crippen MR) is 152 cm³/mol. The average Bonchev–Trinajstić information content (AvgIpc) is 3.49. The third-order valence-corrected chi connectivity index (χ3v) is 7.51. The maximum atomic E-state index is 14.2. The number of nitrogens with zero attached hydrogens (tertiary/aromatic N) is 3. The number of benzene rings is 2. The number of aliphatic imine (C=N–C) groups is 1. The SMILES string of the molecule is CC1=C(C(=O)N(c2ccc(C(C)(C)C)cc2)C(C(=O)N[C@@H]2c3ccccc3C[C@@H]2O)c2cccnc2)CC=N1. The van der Waals surface area contributed by atoms with Gasteiger partial charge >= 0.3 is 0 Å². The first-order chi connectivity index (χ1) is 18.6. The van der Waals surface area contributed by atoms with Crippen molar-refractivity contribution in [2.75, 3.05) is 4.90 Å². The summed E-state index contributed by atoms with van der Waals surface area (Å²) in [5.74, 6) is -0.681. The number of pyridine rings is 1. The van der Waals surface area contributed by atoms with Crippen LogP contribution in [0.4, 0.5) is 5.69 Å². The Bertz CT molecular complexity index is 1440. The first-order valence-electron chi connectivity index (χ1n) is 13.3. The van der Waals surface area contributed by atoms with Gasteiger partial charge in [-0.15, -0.1) is 0 Å². The van der Waals surface area contributed by atoms with E-state index in [0.29, 0.717) is 35.4 Å². The molecule has 2 N–H and O–H groups in total. The van der Waals surface area contributed by atoms with Gasteiger partial charge in [-0.2, -0.15) is 0 Å². The van der Waals surface area contributed by atoms with Crippen molar-refractivity contribution in [1.29, 1.82) is 0 Å². The van der Waals surface area contributed by atoms with Gasteiger partial charge in [-0.1, -0.05) is 63.2 Å². The third kappa shape index (κ3) is 5.27. The Kier molecular flexibility index (Phi) is 7.19. The fourth-order valence-corrected chi connectivity index (χ4v) is 5.33. The fraction of sp³-hybridized carbons (Fsp3) is 0.312. The third-order valence-electron chi connectivity index (χ3n) is 7.51. The Morgan fingerprint density at radius 1 is 1.05 bits per heavy atom. The van der Waals surface area contributed by atoms with Crippen molar-refractivity contribution in [3.63, 3.8) is 0 Å². The number of carbonyl (C=O) groups is 2. The van der Waals surface area contributed by atoms with Crippen LogP contribution < -0.4 is 10.2 Å². The highest BCUT2D eigenvalue weighted by Crippen LogP contribution is 2.36. The summed E-state index contributed by atoms with van der Waals surface area (Å²) < 4.78 is 0. The Morgan fingerprint density at radius 3 is 2.44 bits per heavy atom. The smallest absolute Gasteiger partial charge is 0.257 e. The minimum atomic E-state index is -1.02. The lowest BCUT2D eigenvalue weighted by Gasteiger charge is -2.33. The second-order valence-corrected chi connectivity index (χ2v) is 11.2. The molecule has 2 heterocycles. The molecule has 1 aliphatic heterocycles. The molecule has 0 fully saturated rings. The van der Waals surface area contributed by atoms with E-state index in [1.807, 2.05) is 55.5 Å². The van der Waals surface area contributed by atoms with Crippen molar-refractivity contribution in [2.24, 2.45) is 4.99 Å². The van der Waals surface area contributed by atoms with Gasteiger partial charge in [0.05, 0.1) is 12.1 Å². The molecule has 1 aromatic heterocycles. The van der Waals surface area contributed by atoms with Crippen molar-refractivity contribution in [3.05, 3.63) is 107 Å². The first-order valence-corrected chi connectivity index (χ1v) is 13.3. The van der Waals surface area contributed by atoms with Crippen molar-refractivity contribution in [3.8, 4) is 0 Å². The van der Waals surface area contributed by atoms with Crippen molar-refractivity contribution in [1.82, 2.24) is 10.3 Å². The van der Waals surface area contributed by atoms with Gasteiger partial charge in [-0.25, -0.2) is 0 Å². The van der Waals surface area contributed by atoms with Crippen molar-refractivity contribution < 1.29 is 14.7 Å². The van der Waals surface area contributed by atoms with Crippen LogP contribution in [0.25, 0.3) is 0 Å². The molecule has 7 nitrogen and oxygen atoms in total. The molecule has 0 saturated heterocycles. The second-order valence-electron chi connectivity index (χ2n) is 11.2. The molecule has 3 atom stereocenters. The average molecular weight is 523 g/mol. The number of allylic oxidation sites excluding steroid dienone is 1. The molecule has 3 aromatic rings. The highest BCUT2D eigenvalue weighted by Gasteiger charge is 2.39. The number of amides is 2. The highest BCUT2D eigenvalue weighted by atomic mass is 16.3. The number of aromatic nitrogens is 1. The van der Waals surface area contributed by atoms with E-state index < -0.39 is 24.1 Å². The number of rotatable bonds is 6. The summed E-state index contributed by atoms with van der Waals surface area (Å²) in [6.07, 6.45) is 5.06. The summed E-state index contributed by atoms with van der Waals surface area (Å²) in [4.78, 5) is 38.5. The minimum absolute atomic E-state index is 0.0715. The van der Waals surface area contributed by atoms with Gasteiger partial charge in [-0.3, -0.25) is 24.5 Å². The molecular weight excluding hydrogens is 488 g/mol. The van der Waals surface area contributed by atoms with E-state index in [4.69, 9.17) is 0 Å². The molecule has 2 aliphatic rings. The van der Waals surface area contributed by atoms with Gasteiger partial charge in [-0.05, 0) is 47.2 Å². The lowest BCUT2D eigenvalue weighted by atomic mass is 9.87. The summed E-state index contributed by atoms with van der Waals surface area (Å²) in [5.41, 5.74) is 5.28. The van der Waals surface area contributed by atoms with Crippen LogP contribution in [0.5, 0.6) is 0 Å². The number of nitrogens with one attached hydrogen (secondary N) is 1. The van der Waals surface area contributed by atoms with Gasteiger partial charge in [0.2, 0.25) is 5.91 Å². The quantitative estimate of drug-likeness (QED) is 0.478. The summed E-state index contributed by atoms with van der Waals surface area (Å²) in [6, 6.07) is 17.4. The maximum Gasteiger partial charge on any atom is 0.257 e. The number of hydrogen-bond acceptors (Lipinski definition) is 5. The summed E-state index contributed by atoms with van der Waals surface area (Å²) in [7, 11) is 0.